The largest absolute Gasteiger partial charge is 0.443 e. The number of aliphatic hydroxyl groups excluding tert-OH is 1. The summed E-state index contributed by atoms with van der Waals surface area (Å²) in [6.45, 7) is 2.36. The molecule has 0 unspecified atom stereocenters. The maximum atomic E-state index is 12.3. The third kappa shape index (κ3) is 4.18. The number of furan rings is 1. The van der Waals surface area contributed by atoms with Gasteiger partial charge in [0, 0.05) is 31.3 Å². The summed E-state index contributed by atoms with van der Waals surface area (Å²) in [5, 5.41) is 20.9. The molecule has 6 nitrogen and oxygen atoms in total. The van der Waals surface area contributed by atoms with E-state index in [1.807, 2.05) is 12.1 Å². The van der Waals surface area contributed by atoms with Crippen LogP contribution in [0.2, 0.25) is 0 Å². The van der Waals surface area contributed by atoms with Crippen LogP contribution in [0.15, 0.2) is 28.9 Å². The number of hydrogen-bond acceptors (Lipinski definition) is 5. The third-order valence-corrected chi connectivity index (χ3v) is 4.29. The number of carbonyl (C=O) groups excluding carboxylic acids is 1. The normalized spacial score (nSPS) is 10.5. The van der Waals surface area contributed by atoms with Crippen molar-refractivity contribution in [2.24, 2.45) is 0 Å². The number of aromatic nitrogens is 1. The highest BCUT2D eigenvalue weighted by Gasteiger charge is 2.24. The molecular weight excluding hydrogens is 314 g/mol. The fraction of sp³-hybridized carbons (Fsp3) is 0.375. The number of nitriles is 1. The second kappa shape index (κ2) is 8.46. The first-order valence-corrected chi connectivity index (χ1v) is 8.48. The lowest BCUT2D eigenvalue weighted by Gasteiger charge is -2.04. The minimum absolute atomic E-state index is 0.182. The maximum Gasteiger partial charge on any atom is 0.256 e. The van der Waals surface area contributed by atoms with E-state index in [1.165, 1.54) is 0 Å². The van der Waals surface area contributed by atoms with Crippen LogP contribution in [0.1, 0.15) is 28.1 Å². The molecule has 1 amide bonds. The SMILES string of the molecule is Cc1oc(-n2cccc2)c(C#N)c1C(=O)NCCSCCCO. The number of amides is 1. The van der Waals surface area contributed by atoms with Gasteiger partial charge in [-0.25, -0.2) is 0 Å². The molecule has 2 heterocycles. The van der Waals surface area contributed by atoms with Crippen molar-refractivity contribution < 1.29 is 14.3 Å². The molecule has 2 rings (SSSR count). The van der Waals surface area contributed by atoms with E-state index < -0.39 is 0 Å². The van der Waals surface area contributed by atoms with Crippen LogP contribution in [0.5, 0.6) is 0 Å². The number of rotatable bonds is 8. The van der Waals surface area contributed by atoms with E-state index >= 15 is 0 Å². The Balaban J connectivity index is 2.05. The zero-order valence-electron chi connectivity index (χ0n) is 12.9. The molecule has 0 aromatic carbocycles. The first-order valence-electron chi connectivity index (χ1n) is 7.32. The summed E-state index contributed by atoms with van der Waals surface area (Å²) in [7, 11) is 0. The molecular formula is C16H19N3O3S. The molecule has 0 fully saturated rings. The van der Waals surface area contributed by atoms with Crippen molar-refractivity contribution in [3.63, 3.8) is 0 Å². The number of carbonyl (C=O) groups is 1. The van der Waals surface area contributed by atoms with Gasteiger partial charge in [-0.3, -0.25) is 9.36 Å². The molecule has 7 heteroatoms. The van der Waals surface area contributed by atoms with Gasteiger partial charge >= 0.3 is 0 Å². The smallest absolute Gasteiger partial charge is 0.256 e. The van der Waals surface area contributed by atoms with Crippen LogP contribution in [0.4, 0.5) is 0 Å². The highest BCUT2D eigenvalue weighted by Crippen LogP contribution is 2.25. The molecule has 0 aliphatic carbocycles. The van der Waals surface area contributed by atoms with E-state index in [4.69, 9.17) is 9.52 Å². The van der Waals surface area contributed by atoms with E-state index in [2.05, 4.69) is 11.4 Å². The Labute approximate surface area is 139 Å². The average Bonchev–Trinajstić information content (AvgIpc) is 3.17. The Kier molecular flexibility index (Phi) is 6.32. The number of aryl methyl sites for hydroxylation is 1. The molecule has 0 bridgehead atoms. The van der Waals surface area contributed by atoms with Crippen molar-refractivity contribution >= 4 is 17.7 Å². The van der Waals surface area contributed by atoms with E-state index in [-0.39, 0.29) is 23.6 Å². The van der Waals surface area contributed by atoms with Gasteiger partial charge in [0.1, 0.15) is 23.0 Å². The summed E-state index contributed by atoms with van der Waals surface area (Å²) in [6, 6.07) is 5.71. The molecule has 0 spiro atoms. The van der Waals surface area contributed by atoms with Crippen LogP contribution in [0, 0.1) is 18.3 Å². The molecule has 0 radical (unpaired) electrons. The molecule has 2 N–H and O–H groups in total. The highest BCUT2D eigenvalue weighted by molar-refractivity contribution is 7.99. The molecule has 0 atom stereocenters. The minimum Gasteiger partial charge on any atom is -0.443 e. The lowest BCUT2D eigenvalue weighted by atomic mass is 10.1. The number of hydrogen-bond donors (Lipinski definition) is 2. The lowest BCUT2D eigenvalue weighted by Crippen LogP contribution is -2.26. The van der Waals surface area contributed by atoms with Gasteiger partial charge in [-0.2, -0.15) is 17.0 Å². The zero-order chi connectivity index (χ0) is 16.7. The molecule has 122 valence electrons. The monoisotopic (exact) mass is 333 g/mol. The first-order chi connectivity index (χ1) is 11.2. The first kappa shape index (κ1) is 17.2. The fourth-order valence-corrected chi connectivity index (χ4v) is 2.94. The number of nitrogens with one attached hydrogen (secondary N) is 1. The summed E-state index contributed by atoms with van der Waals surface area (Å²) in [4.78, 5) is 12.3. The topological polar surface area (TPSA) is 91.2 Å². The third-order valence-electron chi connectivity index (χ3n) is 3.22. The maximum absolute atomic E-state index is 12.3. The number of nitrogens with zero attached hydrogens (tertiary/aromatic N) is 2. The molecule has 0 saturated heterocycles. The Morgan fingerprint density at radius 2 is 2.17 bits per heavy atom. The summed E-state index contributed by atoms with van der Waals surface area (Å²) >= 11 is 1.67. The predicted molar refractivity (Wildman–Crippen MR) is 88.8 cm³/mol. The standard InChI is InChI=1S/C16H19N3O3S/c1-12-14(15(21)18-5-10-23-9-4-8-20)13(11-17)16(22-12)19-6-2-3-7-19/h2-3,6-7,20H,4-5,8-10H2,1H3,(H,18,21). The van der Waals surface area contributed by atoms with Gasteiger partial charge in [0.05, 0.1) is 0 Å². The van der Waals surface area contributed by atoms with E-state index in [0.29, 0.717) is 18.2 Å². The Morgan fingerprint density at radius 3 is 2.83 bits per heavy atom. The summed E-state index contributed by atoms with van der Waals surface area (Å²) in [5.41, 5.74) is 0.528. The van der Waals surface area contributed by atoms with Gasteiger partial charge in [-0.05, 0) is 31.2 Å². The van der Waals surface area contributed by atoms with Crippen LogP contribution in [-0.4, -0.2) is 40.2 Å². The van der Waals surface area contributed by atoms with E-state index in [1.54, 1.807) is 35.6 Å². The van der Waals surface area contributed by atoms with Gasteiger partial charge in [0.2, 0.25) is 5.88 Å². The number of aliphatic hydroxyl groups is 1. The van der Waals surface area contributed by atoms with Crippen LogP contribution in [0.25, 0.3) is 5.88 Å². The highest BCUT2D eigenvalue weighted by atomic mass is 32.2. The second-order valence-corrected chi connectivity index (χ2v) is 6.09. The summed E-state index contributed by atoms with van der Waals surface area (Å²) in [6.07, 6.45) is 4.27. The van der Waals surface area contributed by atoms with E-state index in [9.17, 15) is 10.1 Å². The van der Waals surface area contributed by atoms with Gasteiger partial charge in [-0.1, -0.05) is 0 Å². The molecule has 23 heavy (non-hydrogen) atoms. The van der Waals surface area contributed by atoms with Crippen molar-refractivity contribution in [1.29, 1.82) is 5.26 Å². The van der Waals surface area contributed by atoms with Crippen LogP contribution >= 0.6 is 11.8 Å². The van der Waals surface area contributed by atoms with Gasteiger partial charge in [0.25, 0.3) is 5.91 Å². The summed E-state index contributed by atoms with van der Waals surface area (Å²) in [5.74, 6) is 2.10. The van der Waals surface area contributed by atoms with Crippen molar-refractivity contribution in [1.82, 2.24) is 9.88 Å². The van der Waals surface area contributed by atoms with Crippen LogP contribution in [0.3, 0.4) is 0 Å². The molecule has 0 saturated carbocycles. The Morgan fingerprint density at radius 1 is 1.43 bits per heavy atom. The van der Waals surface area contributed by atoms with Gasteiger partial charge < -0.3 is 14.8 Å². The molecule has 0 aliphatic heterocycles. The van der Waals surface area contributed by atoms with Gasteiger partial charge in [0.15, 0.2) is 0 Å². The minimum atomic E-state index is -0.302. The zero-order valence-corrected chi connectivity index (χ0v) is 13.7. The van der Waals surface area contributed by atoms with E-state index in [0.717, 1.165) is 17.9 Å². The van der Waals surface area contributed by atoms with Crippen LogP contribution in [-0.2, 0) is 0 Å². The van der Waals surface area contributed by atoms with Crippen molar-refractivity contribution in [2.75, 3.05) is 24.7 Å². The fourth-order valence-electron chi connectivity index (χ4n) is 2.15. The van der Waals surface area contributed by atoms with Gasteiger partial charge in [-0.15, -0.1) is 0 Å². The molecule has 2 aromatic heterocycles. The Bertz CT molecular complexity index is 686. The summed E-state index contributed by atoms with van der Waals surface area (Å²) < 4.78 is 7.28. The average molecular weight is 333 g/mol. The lowest BCUT2D eigenvalue weighted by molar-refractivity contribution is 0.0954. The molecule has 0 aliphatic rings. The molecule has 2 aromatic rings. The Hall–Kier alpha value is -2.17. The van der Waals surface area contributed by atoms with Crippen molar-refractivity contribution in [3.8, 4) is 12.0 Å². The predicted octanol–water partition coefficient (Wildman–Crippen LogP) is 2.10. The van der Waals surface area contributed by atoms with Crippen molar-refractivity contribution in [2.45, 2.75) is 13.3 Å². The van der Waals surface area contributed by atoms with Crippen LogP contribution < -0.4 is 5.32 Å². The second-order valence-electron chi connectivity index (χ2n) is 4.86. The number of thioether (sulfide) groups is 1. The van der Waals surface area contributed by atoms with Crippen molar-refractivity contribution in [3.05, 3.63) is 41.4 Å². The quantitative estimate of drug-likeness (QED) is 0.722.